The molecule has 1 fully saturated rings. The third-order valence-electron chi connectivity index (χ3n) is 4.21. The highest BCUT2D eigenvalue weighted by atomic mass is 16.6. The van der Waals surface area contributed by atoms with Gasteiger partial charge in [0.05, 0.1) is 0 Å². The topological polar surface area (TPSA) is 32.8 Å². The Hall–Kier alpha value is -1.80. The van der Waals surface area contributed by atoms with Crippen molar-refractivity contribution < 1.29 is 9.84 Å². The fourth-order valence-corrected chi connectivity index (χ4v) is 3.38. The lowest BCUT2D eigenvalue weighted by atomic mass is 9.86. The predicted octanol–water partition coefficient (Wildman–Crippen LogP) is 3.43. The van der Waals surface area contributed by atoms with E-state index in [-0.39, 0.29) is 5.60 Å². The molecule has 0 aromatic heterocycles. The molecule has 18 heavy (non-hydrogen) atoms. The molecule has 1 spiro atoms. The summed E-state index contributed by atoms with van der Waals surface area (Å²) in [5.74, 6) is 0.328. The number of phenolic OH excluding ortho intramolecular Hbond substituents is 1. The van der Waals surface area contributed by atoms with Gasteiger partial charge in [0, 0.05) is 5.56 Å². The zero-order valence-electron chi connectivity index (χ0n) is 10.4. The average molecular weight is 238 g/mol. The zero-order valence-corrected chi connectivity index (χ0v) is 10.4. The maximum absolute atomic E-state index is 10.2. The highest BCUT2D eigenvalue weighted by Crippen LogP contribution is 2.68. The number of ether oxygens (including phenoxy) is 1. The van der Waals surface area contributed by atoms with E-state index in [1.54, 1.807) is 6.07 Å². The summed E-state index contributed by atoms with van der Waals surface area (Å²) >= 11 is 0. The summed E-state index contributed by atoms with van der Waals surface area (Å²) in [5, 5.41) is 10.2. The van der Waals surface area contributed by atoms with Crippen LogP contribution < -0.4 is 0 Å². The van der Waals surface area contributed by atoms with Crippen molar-refractivity contribution in [3.8, 4) is 16.9 Å². The van der Waals surface area contributed by atoms with Crippen LogP contribution in [-0.4, -0.2) is 10.7 Å². The molecule has 2 aromatic carbocycles. The molecule has 2 aliphatic rings. The number of hydrogen-bond donors (Lipinski definition) is 1. The number of hydrogen-bond acceptors (Lipinski definition) is 2. The summed E-state index contributed by atoms with van der Waals surface area (Å²) in [4.78, 5) is 0. The second kappa shape index (κ2) is 2.78. The summed E-state index contributed by atoms with van der Waals surface area (Å²) < 4.78 is 6.03. The Kier molecular flexibility index (Phi) is 1.57. The van der Waals surface area contributed by atoms with Gasteiger partial charge in [-0.15, -0.1) is 0 Å². The molecule has 2 nitrogen and oxygen atoms in total. The van der Waals surface area contributed by atoms with E-state index in [4.69, 9.17) is 4.74 Å². The van der Waals surface area contributed by atoms with E-state index < -0.39 is 5.60 Å². The second-order valence-corrected chi connectivity index (χ2v) is 5.54. The molecule has 1 N–H and O–H groups in total. The van der Waals surface area contributed by atoms with Gasteiger partial charge in [0.1, 0.15) is 11.4 Å². The normalized spacial score (nSPS) is 25.9. The molecule has 1 aliphatic heterocycles. The van der Waals surface area contributed by atoms with E-state index in [0.717, 1.165) is 11.1 Å². The minimum Gasteiger partial charge on any atom is -0.508 e. The SMILES string of the molecule is CC1(C)OC12c1ccccc1-c1cccc(O)c12. The van der Waals surface area contributed by atoms with Gasteiger partial charge in [0.25, 0.3) is 0 Å². The fourth-order valence-electron chi connectivity index (χ4n) is 3.38. The Morgan fingerprint density at radius 3 is 2.33 bits per heavy atom. The van der Waals surface area contributed by atoms with E-state index >= 15 is 0 Å². The molecule has 0 radical (unpaired) electrons. The molecule has 1 unspecified atom stereocenters. The van der Waals surface area contributed by atoms with Crippen LogP contribution in [0.3, 0.4) is 0 Å². The Labute approximate surface area is 106 Å². The Bertz CT molecular complexity index is 673. The quantitative estimate of drug-likeness (QED) is 0.713. The highest BCUT2D eigenvalue weighted by molar-refractivity contribution is 5.84. The van der Waals surface area contributed by atoms with E-state index in [0.29, 0.717) is 5.75 Å². The van der Waals surface area contributed by atoms with E-state index in [2.05, 4.69) is 32.0 Å². The molecule has 0 bridgehead atoms. The van der Waals surface area contributed by atoms with Crippen LogP contribution in [-0.2, 0) is 10.3 Å². The van der Waals surface area contributed by atoms with Crippen molar-refractivity contribution in [2.24, 2.45) is 0 Å². The van der Waals surface area contributed by atoms with E-state index in [9.17, 15) is 5.11 Å². The van der Waals surface area contributed by atoms with Crippen LogP contribution in [0, 0.1) is 0 Å². The number of rotatable bonds is 0. The van der Waals surface area contributed by atoms with Crippen molar-refractivity contribution in [3.05, 3.63) is 53.6 Å². The molecule has 0 amide bonds. The van der Waals surface area contributed by atoms with E-state index in [1.807, 2.05) is 18.2 Å². The minimum absolute atomic E-state index is 0.257. The first-order valence-corrected chi connectivity index (χ1v) is 6.20. The number of epoxide rings is 1. The van der Waals surface area contributed by atoms with Gasteiger partial charge in [-0.3, -0.25) is 0 Å². The molecule has 2 heteroatoms. The van der Waals surface area contributed by atoms with Gasteiger partial charge < -0.3 is 9.84 Å². The monoisotopic (exact) mass is 238 g/mol. The third kappa shape index (κ3) is 0.908. The first-order chi connectivity index (χ1) is 8.58. The van der Waals surface area contributed by atoms with E-state index in [1.165, 1.54) is 11.1 Å². The maximum atomic E-state index is 10.2. The minimum atomic E-state index is -0.454. The van der Waals surface area contributed by atoms with Crippen LogP contribution >= 0.6 is 0 Å². The van der Waals surface area contributed by atoms with Crippen molar-refractivity contribution in [2.75, 3.05) is 0 Å². The van der Waals surface area contributed by atoms with Crippen molar-refractivity contribution in [2.45, 2.75) is 25.0 Å². The van der Waals surface area contributed by atoms with Gasteiger partial charge in [-0.2, -0.15) is 0 Å². The summed E-state index contributed by atoms with van der Waals surface area (Å²) in [6, 6.07) is 13.9. The lowest BCUT2D eigenvalue weighted by Crippen LogP contribution is -2.17. The average Bonchev–Trinajstić information content (AvgIpc) is 2.79. The number of benzene rings is 2. The first-order valence-electron chi connectivity index (χ1n) is 6.20. The molecule has 1 saturated heterocycles. The predicted molar refractivity (Wildman–Crippen MR) is 69.5 cm³/mol. The highest BCUT2D eigenvalue weighted by Gasteiger charge is 2.70. The summed E-state index contributed by atoms with van der Waals surface area (Å²) in [6.45, 7) is 4.15. The second-order valence-electron chi connectivity index (χ2n) is 5.54. The van der Waals surface area contributed by atoms with Crippen LogP contribution in [0.4, 0.5) is 0 Å². The van der Waals surface area contributed by atoms with Crippen molar-refractivity contribution in [3.63, 3.8) is 0 Å². The molecule has 90 valence electrons. The Morgan fingerprint density at radius 1 is 0.944 bits per heavy atom. The van der Waals surface area contributed by atoms with Gasteiger partial charge >= 0.3 is 0 Å². The smallest absolute Gasteiger partial charge is 0.152 e. The Balaban J connectivity index is 2.14. The van der Waals surface area contributed by atoms with Crippen LogP contribution in [0.15, 0.2) is 42.5 Å². The van der Waals surface area contributed by atoms with Crippen molar-refractivity contribution >= 4 is 0 Å². The fraction of sp³-hybridized carbons (Fsp3) is 0.250. The molecule has 1 atom stereocenters. The zero-order chi connectivity index (χ0) is 12.5. The van der Waals surface area contributed by atoms with Crippen molar-refractivity contribution in [1.29, 1.82) is 0 Å². The standard InChI is InChI=1S/C16H14O2/c1-15(2)16(18-15)12-8-4-3-6-10(12)11-7-5-9-13(17)14(11)16/h3-9,17H,1-2H3. The summed E-state index contributed by atoms with van der Waals surface area (Å²) in [6.07, 6.45) is 0. The van der Waals surface area contributed by atoms with Crippen LogP contribution in [0.5, 0.6) is 5.75 Å². The van der Waals surface area contributed by atoms with Gasteiger partial charge in [0.2, 0.25) is 0 Å². The summed E-state index contributed by atoms with van der Waals surface area (Å²) in [7, 11) is 0. The Morgan fingerprint density at radius 2 is 1.61 bits per heavy atom. The van der Waals surface area contributed by atoms with Crippen LogP contribution in [0.1, 0.15) is 25.0 Å². The number of fused-ring (bicyclic) bond motifs is 5. The summed E-state index contributed by atoms with van der Waals surface area (Å²) in [5.41, 5.74) is 3.66. The number of phenols is 1. The molecular weight excluding hydrogens is 224 g/mol. The molecule has 1 aliphatic carbocycles. The molecular formula is C16H14O2. The largest absolute Gasteiger partial charge is 0.508 e. The molecule has 4 rings (SSSR count). The van der Waals surface area contributed by atoms with Gasteiger partial charge in [0.15, 0.2) is 5.60 Å². The third-order valence-corrected chi connectivity index (χ3v) is 4.21. The first kappa shape index (κ1) is 10.2. The molecule has 0 saturated carbocycles. The van der Waals surface area contributed by atoms with Gasteiger partial charge in [-0.25, -0.2) is 0 Å². The van der Waals surface area contributed by atoms with Crippen LogP contribution in [0.25, 0.3) is 11.1 Å². The van der Waals surface area contributed by atoms with Gasteiger partial charge in [-0.1, -0.05) is 36.4 Å². The maximum Gasteiger partial charge on any atom is 0.152 e. The lowest BCUT2D eigenvalue weighted by Gasteiger charge is -2.12. The molecule has 1 heterocycles. The number of aromatic hydroxyl groups is 1. The van der Waals surface area contributed by atoms with Crippen molar-refractivity contribution in [1.82, 2.24) is 0 Å². The lowest BCUT2D eigenvalue weighted by molar-refractivity contribution is 0.297. The molecule has 2 aromatic rings. The van der Waals surface area contributed by atoms with Gasteiger partial charge in [-0.05, 0) is 36.6 Å². The van der Waals surface area contributed by atoms with Crippen LogP contribution in [0.2, 0.25) is 0 Å².